The molecule has 8 heteroatoms. The second kappa shape index (κ2) is 8.53. The van der Waals surface area contributed by atoms with Crippen molar-refractivity contribution >= 4 is 27.7 Å². The van der Waals surface area contributed by atoms with Gasteiger partial charge in [-0.25, -0.2) is 13.1 Å². The molecule has 2 N–H and O–H groups in total. The molecule has 6 nitrogen and oxygen atoms in total. The third kappa shape index (κ3) is 5.20. The minimum Gasteiger partial charge on any atom is -0.377 e. The van der Waals surface area contributed by atoms with Gasteiger partial charge < -0.3 is 10.1 Å². The van der Waals surface area contributed by atoms with E-state index in [-0.39, 0.29) is 29.5 Å². The summed E-state index contributed by atoms with van der Waals surface area (Å²) in [5, 5.41) is 3.02. The first-order chi connectivity index (χ1) is 12.0. The van der Waals surface area contributed by atoms with E-state index in [1.807, 2.05) is 11.8 Å². The van der Waals surface area contributed by atoms with Crippen LogP contribution in [0.2, 0.25) is 0 Å². The number of ether oxygens (including phenoxy) is 1. The van der Waals surface area contributed by atoms with E-state index in [1.54, 1.807) is 12.1 Å². The Morgan fingerprint density at radius 3 is 2.52 bits per heavy atom. The molecule has 1 amide bonds. The zero-order valence-corrected chi connectivity index (χ0v) is 15.7. The summed E-state index contributed by atoms with van der Waals surface area (Å²) in [6.07, 6.45) is 3.76. The summed E-state index contributed by atoms with van der Waals surface area (Å²) in [5.41, 5.74) is 0.483. The Labute approximate surface area is 153 Å². The van der Waals surface area contributed by atoms with Crippen molar-refractivity contribution in [3.63, 3.8) is 0 Å². The fourth-order valence-corrected chi connectivity index (χ4v) is 5.16. The number of hydrogen-bond donors (Lipinski definition) is 2. The highest BCUT2D eigenvalue weighted by Gasteiger charge is 2.21. The van der Waals surface area contributed by atoms with Gasteiger partial charge in [0, 0.05) is 24.8 Å². The average molecular weight is 385 g/mol. The van der Waals surface area contributed by atoms with E-state index >= 15 is 0 Å². The molecule has 138 valence electrons. The van der Waals surface area contributed by atoms with Crippen molar-refractivity contribution in [3.05, 3.63) is 29.8 Å². The maximum atomic E-state index is 12.3. The monoisotopic (exact) mass is 384 g/mol. The summed E-state index contributed by atoms with van der Waals surface area (Å²) < 4.78 is 32.6. The zero-order chi connectivity index (χ0) is 17.7. The average Bonchev–Trinajstić information content (AvgIpc) is 3.15. The van der Waals surface area contributed by atoms with Gasteiger partial charge in [-0.3, -0.25) is 4.79 Å². The Morgan fingerprint density at radius 1 is 1.16 bits per heavy atom. The van der Waals surface area contributed by atoms with Crippen LogP contribution in [0.4, 0.5) is 0 Å². The molecule has 1 aromatic rings. The second-order valence-electron chi connectivity index (χ2n) is 6.37. The highest BCUT2D eigenvalue weighted by atomic mass is 32.2. The third-order valence-electron chi connectivity index (χ3n) is 4.51. The summed E-state index contributed by atoms with van der Waals surface area (Å²) in [5.74, 6) is 1.99. The Morgan fingerprint density at radius 2 is 1.88 bits per heavy atom. The van der Waals surface area contributed by atoms with Gasteiger partial charge in [-0.1, -0.05) is 0 Å². The van der Waals surface area contributed by atoms with Crippen LogP contribution in [0.1, 0.15) is 36.0 Å². The van der Waals surface area contributed by atoms with Crippen molar-refractivity contribution in [2.24, 2.45) is 0 Å². The minimum atomic E-state index is -3.58. The number of carbonyl (C=O) groups excluding carboxylic acids is 1. The standard InChI is InChI=1S/C17H24N2O4S2/c20-17(19-14-7-10-24-11-8-14)13-3-5-16(6-4-13)25(21,22)18-12-15-2-1-9-23-15/h3-6,14-15,18H,1-2,7-12H2,(H,19,20). The molecule has 0 aliphatic carbocycles. The van der Waals surface area contributed by atoms with Crippen molar-refractivity contribution in [2.45, 2.75) is 42.7 Å². The summed E-state index contributed by atoms with van der Waals surface area (Å²) in [7, 11) is -3.58. The summed E-state index contributed by atoms with van der Waals surface area (Å²) in [6.45, 7) is 0.972. The molecule has 2 saturated heterocycles. The first-order valence-corrected chi connectivity index (χ1v) is 11.3. The SMILES string of the molecule is O=C(NC1CCSCC1)c1ccc(S(=O)(=O)NCC2CCCO2)cc1. The second-order valence-corrected chi connectivity index (χ2v) is 9.36. The van der Waals surface area contributed by atoms with Crippen molar-refractivity contribution in [2.75, 3.05) is 24.7 Å². The Hall–Kier alpha value is -1.09. The first kappa shape index (κ1) is 18.7. The Balaban J connectivity index is 1.57. The molecule has 1 atom stereocenters. The largest absolute Gasteiger partial charge is 0.377 e. The molecular weight excluding hydrogens is 360 g/mol. The van der Waals surface area contributed by atoms with Crippen LogP contribution in [0.25, 0.3) is 0 Å². The van der Waals surface area contributed by atoms with Crippen LogP contribution >= 0.6 is 11.8 Å². The van der Waals surface area contributed by atoms with Gasteiger partial charge in [0.2, 0.25) is 10.0 Å². The van der Waals surface area contributed by atoms with Crippen LogP contribution in [-0.4, -0.2) is 51.1 Å². The molecule has 25 heavy (non-hydrogen) atoms. The van der Waals surface area contributed by atoms with Gasteiger partial charge in [-0.2, -0.15) is 11.8 Å². The lowest BCUT2D eigenvalue weighted by atomic mass is 10.1. The summed E-state index contributed by atoms with van der Waals surface area (Å²) in [4.78, 5) is 12.4. The molecular formula is C17H24N2O4S2. The molecule has 1 aromatic carbocycles. The van der Waals surface area contributed by atoms with E-state index in [1.165, 1.54) is 12.1 Å². The molecule has 0 radical (unpaired) electrons. The number of sulfonamides is 1. The Bertz CT molecular complexity index is 679. The lowest BCUT2D eigenvalue weighted by Gasteiger charge is -2.22. The fraction of sp³-hybridized carbons (Fsp3) is 0.588. The lowest BCUT2D eigenvalue weighted by molar-refractivity contribution is 0.0934. The molecule has 0 saturated carbocycles. The van der Waals surface area contributed by atoms with Crippen molar-refractivity contribution < 1.29 is 17.9 Å². The molecule has 2 aliphatic heterocycles. The number of thioether (sulfide) groups is 1. The molecule has 2 aliphatic rings. The van der Waals surface area contributed by atoms with Gasteiger partial charge in [-0.15, -0.1) is 0 Å². The van der Waals surface area contributed by atoms with E-state index in [4.69, 9.17) is 4.74 Å². The number of rotatable bonds is 6. The van der Waals surface area contributed by atoms with Crippen LogP contribution in [0, 0.1) is 0 Å². The number of hydrogen-bond acceptors (Lipinski definition) is 5. The van der Waals surface area contributed by atoms with Crippen LogP contribution < -0.4 is 10.0 Å². The number of benzene rings is 1. The fourth-order valence-electron chi connectivity index (χ4n) is 2.99. The maximum absolute atomic E-state index is 12.3. The first-order valence-electron chi connectivity index (χ1n) is 8.64. The van der Waals surface area contributed by atoms with Crippen LogP contribution in [-0.2, 0) is 14.8 Å². The number of nitrogens with one attached hydrogen (secondary N) is 2. The van der Waals surface area contributed by atoms with Crippen molar-refractivity contribution in [3.8, 4) is 0 Å². The Kier molecular flexibility index (Phi) is 6.38. The van der Waals surface area contributed by atoms with Crippen LogP contribution in [0.5, 0.6) is 0 Å². The van der Waals surface area contributed by atoms with E-state index in [0.717, 1.165) is 37.2 Å². The van der Waals surface area contributed by atoms with Crippen molar-refractivity contribution in [1.29, 1.82) is 0 Å². The predicted molar refractivity (Wildman–Crippen MR) is 98.4 cm³/mol. The van der Waals surface area contributed by atoms with Crippen molar-refractivity contribution in [1.82, 2.24) is 10.0 Å². The number of amides is 1. The van der Waals surface area contributed by atoms with Crippen LogP contribution in [0.3, 0.4) is 0 Å². The quantitative estimate of drug-likeness (QED) is 0.781. The third-order valence-corrected chi connectivity index (χ3v) is 7.00. The summed E-state index contributed by atoms with van der Waals surface area (Å²) in [6, 6.07) is 6.29. The molecule has 1 unspecified atom stereocenters. The normalized spacial score (nSPS) is 22.0. The number of carbonyl (C=O) groups is 1. The van der Waals surface area contributed by atoms with Gasteiger partial charge in [0.15, 0.2) is 0 Å². The van der Waals surface area contributed by atoms with Crippen LogP contribution in [0.15, 0.2) is 29.2 Å². The van der Waals surface area contributed by atoms with Gasteiger partial charge >= 0.3 is 0 Å². The van der Waals surface area contributed by atoms with E-state index in [9.17, 15) is 13.2 Å². The maximum Gasteiger partial charge on any atom is 0.251 e. The highest BCUT2D eigenvalue weighted by molar-refractivity contribution is 7.99. The zero-order valence-electron chi connectivity index (χ0n) is 14.1. The summed E-state index contributed by atoms with van der Waals surface area (Å²) >= 11 is 1.91. The molecule has 3 rings (SSSR count). The molecule has 0 aromatic heterocycles. The minimum absolute atomic E-state index is 0.0477. The lowest BCUT2D eigenvalue weighted by Crippen LogP contribution is -2.37. The van der Waals surface area contributed by atoms with E-state index in [0.29, 0.717) is 12.2 Å². The van der Waals surface area contributed by atoms with Gasteiger partial charge in [-0.05, 0) is 61.5 Å². The predicted octanol–water partition coefficient (Wildman–Crippen LogP) is 1.77. The topological polar surface area (TPSA) is 84.5 Å². The molecule has 2 fully saturated rings. The van der Waals surface area contributed by atoms with Gasteiger partial charge in [0.25, 0.3) is 5.91 Å². The van der Waals surface area contributed by atoms with Gasteiger partial charge in [0.1, 0.15) is 0 Å². The molecule has 0 spiro atoms. The molecule has 0 bridgehead atoms. The van der Waals surface area contributed by atoms with E-state index in [2.05, 4.69) is 10.0 Å². The molecule has 2 heterocycles. The highest BCUT2D eigenvalue weighted by Crippen LogP contribution is 2.18. The van der Waals surface area contributed by atoms with Gasteiger partial charge in [0.05, 0.1) is 11.0 Å². The van der Waals surface area contributed by atoms with E-state index < -0.39 is 10.0 Å². The smallest absolute Gasteiger partial charge is 0.251 e.